The Balaban J connectivity index is 1.82. The van der Waals surface area contributed by atoms with E-state index in [0.29, 0.717) is 12.1 Å². The van der Waals surface area contributed by atoms with Crippen molar-refractivity contribution in [3.05, 3.63) is 24.3 Å². The van der Waals surface area contributed by atoms with Crippen molar-refractivity contribution >= 4 is 5.69 Å². The van der Waals surface area contributed by atoms with Gasteiger partial charge in [-0.2, -0.15) is 8.78 Å². The highest BCUT2D eigenvalue weighted by atomic mass is 19.3. The van der Waals surface area contributed by atoms with Gasteiger partial charge in [-0.25, -0.2) is 0 Å². The number of nitrogens with zero attached hydrogens (tertiary/aromatic N) is 2. The van der Waals surface area contributed by atoms with Gasteiger partial charge >= 0.3 is 6.11 Å². The SMILES string of the molecule is CN1[C@H]2CCCC[C@@H]2N(c2ccc(OC(F)(F)CO)cc2)CC1(C)C. The van der Waals surface area contributed by atoms with Crippen LogP contribution in [0.1, 0.15) is 39.5 Å². The summed E-state index contributed by atoms with van der Waals surface area (Å²) in [6.45, 7) is 4.08. The number of rotatable bonds is 4. The van der Waals surface area contributed by atoms with Crippen LogP contribution in [0.4, 0.5) is 14.5 Å². The summed E-state index contributed by atoms with van der Waals surface area (Å²) in [4.78, 5) is 4.93. The topological polar surface area (TPSA) is 35.9 Å². The molecule has 0 aromatic heterocycles. The molecule has 2 aliphatic rings. The first-order chi connectivity index (χ1) is 11.7. The first-order valence-corrected chi connectivity index (χ1v) is 9.01. The van der Waals surface area contributed by atoms with Crippen molar-refractivity contribution in [1.82, 2.24) is 4.90 Å². The number of halogens is 2. The Kier molecular flexibility index (Phi) is 4.95. The molecule has 1 N–H and O–H groups in total. The molecular weight excluding hydrogens is 326 g/mol. The second-order valence-corrected chi connectivity index (χ2v) is 7.86. The maximum atomic E-state index is 13.2. The lowest BCUT2D eigenvalue weighted by atomic mass is 9.81. The number of ether oxygens (including phenoxy) is 1. The molecule has 0 amide bonds. The van der Waals surface area contributed by atoms with E-state index in [1.165, 1.54) is 19.3 Å². The van der Waals surface area contributed by atoms with E-state index in [0.717, 1.165) is 18.7 Å². The molecular formula is C19H28F2N2O2. The average molecular weight is 354 g/mol. The van der Waals surface area contributed by atoms with Gasteiger partial charge in [0.05, 0.1) is 0 Å². The van der Waals surface area contributed by atoms with E-state index >= 15 is 0 Å². The smallest absolute Gasteiger partial charge is 0.421 e. The molecule has 4 nitrogen and oxygen atoms in total. The summed E-state index contributed by atoms with van der Waals surface area (Å²) in [6.07, 6.45) is 1.30. The van der Waals surface area contributed by atoms with Crippen molar-refractivity contribution in [2.45, 2.75) is 63.3 Å². The monoisotopic (exact) mass is 354 g/mol. The summed E-state index contributed by atoms with van der Waals surface area (Å²) in [7, 11) is 2.22. The summed E-state index contributed by atoms with van der Waals surface area (Å²) < 4.78 is 30.9. The van der Waals surface area contributed by atoms with Crippen LogP contribution in [0.5, 0.6) is 5.75 Å². The number of piperazine rings is 1. The standard InChI is InChI=1S/C19H28F2N2O2/c1-18(2)12-23(17-7-5-4-6-16(17)22(18)3)14-8-10-15(11-9-14)25-19(20,21)13-24/h8-11,16-17,24H,4-7,12-13H2,1-3H3/t16-,17-/m0/s1. The summed E-state index contributed by atoms with van der Waals surface area (Å²) in [5.41, 5.74) is 1.09. The van der Waals surface area contributed by atoms with E-state index in [2.05, 4.69) is 35.4 Å². The normalized spacial score (nSPS) is 27.0. The number of aliphatic hydroxyl groups is 1. The van der Waals surface area contributed by atoms with Crippen LogP contribution in [0.3, 0.4) is 0 Å². The molecule has 140 valence electrons. The largest absolute Gasteiger partial charge is 0.431 e. The van der Waals surface area contributed by atoms with E-state index in [1.54, 1.807) is 12.1 Å². The van der Waals surface area contributed by atoms with E-state index in [1.807, 2.05) is 12.1 Å². The Bertz CT molecular complexity index is 592. The fraction of sp³-hybridized carbons (Fsp3) is 0.684. The van der Waals surface area contributed by atoms with Gasteiger partial charge in [0.1, 0.15) is 12.4 Å². The van der Waals surface area contributed by atoms with Gasteiger partial charge < -0.3 is 14.7 Å². The van der Waals surface area contributed by atoms with Crippen LogP contribution in [0.25, 0.3) is 0 Å². The van der Waals surface area contributed by atoms with Crippen molar-refractivity contribution in [3.8, 4) is 5.75 Å². The highest BCUT2D eigenvalue weighted by molar-refractivity contribution is 5.51. The van der Waals surface area contributed by atoms with E-state index in [4.69, 9.17) is 5.11 Å². The van der Waals surface area contributed by atoms with Gasteiger partial charge in [0.25, 0.3) is 0 Å². The van der Waals surface area contributed by atoms with Crippen molar-refractivity contribution < 1.29 is 18.6 Å². The Morgan fingerprint density at radius 3 is 2.36 bits per heavy atom. The molecule has 2 fully saturated rings. The van der Waals surface area contributed by atoms with Gasteiger partial charge in [-0.3, -0.25) is 4.90 Å². The van der Waals surface area contributed by atoms with Gasteiger partial charge in [-0.05, 0) is 58.0 Å². The van der Waals surface area contributed by atoms with E-state index in [9.17, 15) is 8.78 Å². The third-order valence-electron chi connectivity index (χ3n) is 5.72. The minimum absolute atomic E-state index is 0.0532. The number of hydrogen-bond donors (Lipinski definition) is 1. The van der Waals surface area contributed by atoms with E-state index in [-0.39, 0.29) is 11.3 Å². The minimum atomic E-state index is -3.55. The zero-order valence-electron chi connectivity index (χ0n) is 15.2. The maximum Gasteiger partial charge on any atom is 0.421 e. The molecule has 1 aromatic carbocycles. The van der Waals surface area contributed by atoms with Crippen molar-refractivity contribution in [2.24, 2.45) is 0 Å². The molecule has 6 heteroatoms. The van der Waals surface area contributed by atoms with Crippen LogP contribution in [0, 0.1) is 0 Å². The summed E-state index contributed by atoms with van der Waals surface area (Å²) in [5.74, 6) is 0.0661. The predicted molar refractivity (Wildman–Crippen MR) is 94.3 cm³/mol. The number of fused-ring (bicyclic) bond motifs is 1. The lowest BCUT2D eigenvalue weighted by Crippen LogP contribution is -2.67. The first-order valence-electron chi connectivity index (χ1n) is 9.01. The van der Waals surface area contributed by atoms with Gasteiger partial charge in [0.15, 0.2) is 0 Å². The van der Waals surface area contributed by atoms with Crippen LogP contribution in [0.15, 0.2) is 24.3 Å². The molecule has 1 saturated heterocycles. The number of alkyl halides is 2. The second-order valence-electron chi connectivity index (χ2n) is 7.86. The average Bonchev–Trinajstić information content (AvgIpc) is 2.59. The maximum absolute atomic E-state index is 13.2. The minimum Gasteiger partial charge on any atom is -0.431 e. The van der Waals surface area contributed by atoms with Gasteiger partial charge in [-0.1, -0.05) is 12.8 Å². The van der Waals surface area contributed by atoms with Crippen molar-refractivity contribution in [2.75, 3.05) is 25.1 Å². The van der Waals surface area contributed by atoms with Crippen LogP contribution >= 0.6 is 0 Å². The van der Waals surface area contributed by atoms with Crippen molar-refractivity contribution in [3.63, 3.8) is 0 Å². The number of benzene rings is 1. The quantitative estimate of drug-likeness (QED) is 0.898. The molecule has 3 rings (SSSR count). The van der Waals surface area contributed by atoms with Gasteiger partial charge in [0.2, 0.25) is 0 Å². The lowest BCUT2D eigenvalue weighted by molar-refractivity contribution is -0.200. The highest BCUT2D eigenvalue weighted by Gasteiger charge is 2.44. The number of hydrogen-bond acceptors (Lipinski definition) is 4. The Labute approximate surface area is 148 Å². The third-order valence-corrected chi connectivity index (χ3v) is 5.72. The van der Waals surface area contributed by atoms with Crippen LogP contribution in [-0.2, 0) is 0 Å². The second kappa shape index (κ2) is 6.72. The predicted octanol–water partition coefficient (Wildman–Crippen LogP) is 3.49. The fourth-order valence-corrected chi connectivity index (χ4v) is 4.19. The van der Waals surface area contributed by atoms with Gasteiger partial charge in [-0.15, -0.1) is 0 Å². The molecule has 1 aliphatic heterocycles. The molecule has 2 atom stereocenters. The van der Waals surface area contributed by atoms with Crippen LogP contribution in [-0.4, -0.2) is 53.9 Å². The zero-order valence-corrected chi connectivity index (χ0v) is 15.2. The summed E-state index contributed by atoms with van der Waals surface area (Å²) >= 11 is 0. The zero-order chi connectivity index (χ0) is 18.2. The Morgan fingerprint density at radius 2 is 1.76 bits per heavy atom. The molecule has 1 aliphatic carbocycles. The lowest BCUT2D eigenvalue weighted by Gasteiger charge is -2.57. The number of likely N-dealkylation sites (N-methyl/N-ethyl adjacent to an activating group) is 1. The van der Waals surface area contributed by atoms with Gasteiger partial charge in [0, 0.05) is 29.9 Å². The summed E-state index contributed by atoms with van der Waals surface area (Å²) in [6, 6.07) is 7.78. The summed E-state index contributed by atoms with van der Waals surface area (Å²) in [5, 5.41) is 8.64. The molecule has 1 aromatic rings. The molecule has 0 spiro atoms. The molecule has 25 heavy (non-hydrogen) atoms. The third kappa shape index (κ3) is 3.75. The Hall–Kier alpha value is -1.40. The number of anilines is 1. The first kappa shape index (κ1) is 18.4. The fourth-order valence-electron chi connectivity index (χ4n) is 4.19. The molecule has 0 bridgehead atoms. The van der Waals surface area contributed by atoms with Crippen molar-refractivity contribution in [1.29, 1.82) is 0 Å². The molecule has 0 unspecified atom stereocenters. The Morgan fingerprint density at radius 1 is 1.16 bits per heavy atom. The molecule has 0 radical (unpaired) electrons. The molecule has 1 heterocycles. The van der Waals surface area contributed by atoms with E-state index < -0.39 is 12.7 Å². The van der Waals surface area contributed by atoms with Crippen LogP contribution < -0.4 is 9.64 Å². The number of aliphatic hydroxyl groups excluding tert-OH is 1. The molecule has 1 saturated carbocycles. The van der Waals surface area contributed by atoms with Crippen LogP contribution in [0.2, 0.25) is 0 Å². The highest BCUT2D eigenvalue weighted by Crippen LogP contribution is 2.38.